The minimum atomic E-state index is -4.35. The van der Waals surface area contributed by atoms with E-state index in [1.54, 1.807) is 0 Å². The second-order valence-corrected chi connectivity index (χ2v) is 9.17. The summed E-state index contributed by atoms with van der Waals surface area (Å²) in [5.41, 5.74) is 0. The SMILES string of the molecule is CCCCCCCCC/C=C/C(CCCCCCCCCC)COS(=O)(=O)O. The third-order valence-electron chi connectivity index (χ3n) is 5.24. The fourth-order valence-corrected chi connectivity index (χ4v) is 3.80. The highest BCUT2D eigenvalue weighted by atomic mass is 32.3. The van der Waals surface area contributed by atoms with Crippen LogP contribution in [0.5, 0.6) is 0 Å². The third-order valence-corrected chi connectivity index (χ3v) is 5.68. The topological polar surface area (TPSA) is 63.6 Å². The van der Waals surface area contributed by atoms with Crippen LogP contribution >= 0.6 is 0 Å². The quantitative estimate of drug-likeness (QED) is 0.118. The van der Waals surface area contributed by atoms with Crippen LogP contribution in [0.4, 0.5) is 0 Å². The van der Waals surface area contributed by atoms with Crippen molar-refractivity contribution in [1.29, 1.82) is 0 Å². The van der Waals surface area contributed by atoms with Gasteiger partial charge in [0.15, 0.2) is 0 Å². The molecule has 1 unspecified atom stereocenters. The molecule has 0 fully saturated rings. The predicted molar refractivity (Wildman–Crippen MR) is 120 cm³/mol. The molecule has 4 nitrogen and oxygen atoms in total. The van der Waals surface area contributed by atoms with Crippen LogP contribution in [0.25, 0.3) is 0 Å². The van der Waals surface area contributed by atoms with Crippen molar-refractivity contribution >= 4 is 10.4 Å². The molecule has 0 aromatic heterocycles. The second-order valence-electron chi connectivity index (χ2n) is 8.07. The van der Waals surface area contributed by atoms with Gasteiger partial charge in [-0.05, 0) is 19.3 Å². The van der Waals surface area contributed by atoms with Gasteiger partial charge in [-0.3, -0.25) is 4.55 Å². The van der Waals surface area contributed by atoms with Crippen LogP contribution in [0, 0.1) is 5.92 Å². The van der Waals surface area contributed by atoms with Crippen molar-refractivity contribution < 1.29 is 17.2 Å². The lowest BCUT2D eigenvalue weighted by molar-refractivity contribution is 0.234. The Morgan fingerprint density at radius 2 is 1.21 bits per heavy atom. The first kappa shape index (κ1) is 27.6. The van der Waals surface area contributed by atoms with E-state index in [2.05, 4.69) is 30.2 Å². The normalized spacial score (nSPS) is 13.4. The average molecular weight is 419 g/mol. The Morgan fingerprint density at radius 3 is 1.71 bits per heavy atom. The van der Waals surface area contributed by atoms with E-state index in [1.165, 1.54) is 89.9 Å². The van der Waals surface area contributed by atoms with Crippen LogP contribution in [0.3, 0.4) is 0 Å². The lowest BCUT2D eigenvalue weighted by atomic mass is 9.99. The molecule has 0 bridgehead atoms. The van der Waals surface area contributed by atoms with Gasteiger partial charge in [0, 0.05) is 5.92 Å². The maximum atomic E-state index is 10.9. The Balaban J connectivity index is 3.95. The van der Waals surface area contributed by atoms with Crippen molar-refractivity contribution in [2.45, 2.75) is 123 Å². The van der Waals surface area contributed by atoms with Gasteiger partial charge in [0.05, 0.1) is 6.61 Å². The summed E-state index contributed by atoms with van der Waals surface area (Å²) in [6.07, 6.45) is 25.3. The Labute approximate surface area is 175 Å². The monoisotopic (exact) mass is 418 g/mol. The summed E-state index contributed by atoms with van der Waals surface area (Å²) < 4.78 is 35.2. The summed E-state index contributed by atoms with van der Waals surface area (Å²) in [6.45, 7) is 4.51. The number of rotatable bonds is 21. The van der Waals surface area contributed by atoms with E-state index in [1.807, 2.05) is 0 Å². The third kappa shape index (κ3) is 21.9. The van der Waals surface area contributed by atoms with Gasteiger partial charge >= 0.3 is 10.4 Å². The molecule has 0 spiro atoms. The maximum absolute atomic E-state index is 10.9. The molecule has 168 valence electrons. The zero-order valence-corrected chi connectivity index (χ0v) is 19.4. The van der Waals surface area contributed by atoms with Gasteiger partial charge in [0.1, 0.15) is 0 Å². The van der Waals surface area contributed by atoms with Crippen molar-refractivity contribution in [3.05, 3.63) is 12.2 Å². The van der Waals surface area contributed by atoms with Gasteiger partial charge in [-0.25, -0.2) is 4.18 Å². The largest absolute Gasteiger partial charge is 0.397 e. The Kier molecular flexibility index (Phi) is 19.6. The first-order valence-corrected chi connectivity index (χ1v) is 13.1. The van der Waals surface area contributed by atoms with Crippen LogP contribution in [-0.2, 0) is 14.6 Å². The Bertz CT molecular complexity index is 446. The molecule has 1 atom stereocenters. The standard InChI is InChI=1S/C23H46O4S/c1-3-5-7-9-11-13-15-17-19-21-23(22-27-28(24,25)26)20-18-16-14-12-10-8-6-4-2/h19,21,23H,3-18,20,22H2,1-2H3,(H,24,25,26)/b21-19+. The van der Waals surface area contributed by atoms with Gasteiger partial charge in [-0.2, -0.15) is 8.42 Å². The van der Waals surface area contributed by atoms with Crippen LogP contribution in [0.15, 0.2) is 12.2 Å². The molecule has 0 saturated carbocycles. The fraction of sp³-hybridized carbons (Fsp3) is 0.913. The van der Waals surface area contributed by atoms with Crippen LogP contribution in [0.1, 0.15) is 123 Å². The van der Waals surface area contributed by atoms with Gasteiger partial charge in [-0.15, -0.1) is 0 Å². The Morgan fingerprint density at radius 1 is 0.750 bits per heavy atom. The van der Waals surface area contributed by atoms with E-state index in [-0.39, 0.29) is 12.5 Å². The first-order chi connectivity index (χ1) is 13.5. The molecule has 0 radical (unpaired) electrons. The van der Waals surface area contributed by atoms with Crippen molar-refractivity contribution in [1.82, 2.24) is 0 Å². The lowest BCUT2D eigenvalue weighted by Gasteiger charge is -2.12. The summed E-state index contributed by atoms with van der Waals surface area (Å²) in [5, 5.41) is 0. The first-order valence-electron chi connectivity index (χ1n) is 11.8. The van der Waals surface area contributed by atoms with Gasteiger partial charge in [-0.1, -0.05) is 116 Å². The Hall–Kier alpha value is -0.390. The minimum absolute atomic E-state index is 0.0445. The molecule has 28 heavy (non-hydrogen) atoms. The van der Waals surface area contributed by atoms with E-state index in [4.69, 9.17) is 4.55 Å². The molecule has 0 heterocycles. The summed E-state index contributed by atoms with van der Waals surface area (Å²) in [7, 11) is -4.35. The number of allylic oxidation sites excluding steroid dienone is 1. The molecule has 0 aromatic rings. The molecule has 1 N–H and O–H groups in total. The van der Waals surface area contributed by atoms with Crippen molar-refractivity contribution in [3.8, 4) is 0 Å². The average Bonchev–Trinajstić information content (AvgIpc) is 2.65. The fourth-order valence-electron chi connectivity index (χ4n) is 3.46. The zero-order valence-electron chi connectivity index (χ0n) is 18.5. The van der Waals surface area contributed by atoms with E-state index in [0.29, 0.717) is 0 Å². The molecule has 0 amide bonds. The number of hydrogen-bond acceptors (Lipinski definition) is 3. The summed E-state index contributed by atoms with van der Waals surface area (Å²) in [5.74, 6) is 0.0616. The van der Waals surface area contributed by atoms with Crippen molar-refractivity contribution in [3.63, 3.8) is 0 Å². The molecular weight excluding hydrogens is 372 g/mol. The van der Waals surface area contributed by atoms with Crippen LogP contribution < -0.4 is 0 Å². The molecular formula is C23H46O4S. The lowest BCUT2D eigenvalue weighted by Crippen LogP contribution is -2.12. The predicted octanol–water partition coefficient (Wildman–Crippen LogP) is 7.65. The molecule has 0 aliphatic heterocycles. The molecule has 0 aliphatic rings. The summed E-state index contributed by atoms with van der Waals surface area (Å²) >= 11 is 0. The summed E-state index contributed by atoms with van der Waals surface area (Å²) in [6, 6.07) is 0. The van der Waals surface area contributed by atoms with E-state index in [0.717, 1.165) is 19.3 Å². The molecule has 0 saturated heterocycles. The van der Waals surface area contributed by atoms with Crippen molar-refractivity contribution in [2.75, 3.05) is 6.61 Å². The maximum Gasteiger partial charge on any atom is 0.397 e. The summed E-state index contributed by atoms with van der Waals surface area (Å²) in [4.78, 5) is 0. The minimum Gasteiger partial charge on any atom is -0.264 e. The van der Waals surface area contributed by atoms with Crippen LogP contribution in [0.2, 0.25) is 0 Å². The molecule has 5 heteroatoms. The van der Waals surface area contributed by atoms with Gasteiger partial charge in [0.25, 0.3) is 0 Å². The zero-order chi connectivity index (χ0) is 20.9. The molecule has 0 rings (SSSR count). The second kappa shape index (κ2) is 19.9. The van der Waals surface area contributed by atoms with E-state index < -0.39 is 10.4 Å². The van der Waals surface area contributed by atoms with E-state index >= 15 is 0 Å². The van der Waals surface area contributed by atoms with E-state index in [9.17, 15) is 8.42 Å². The highest BCUT2D eigenvalue weighted by Crippen LogP contribution is 2.16. The highest BCUT2D eigenvalue weighted by Gasteiger charge is 2.11. The van der Waals surface area contributed by atoms with Crippen molar-refractivity contribution in [2.24, 2.45) is 5.92 Å². The van der Waals surface area contributed by atoms with Gasteiger partial charge in [0.2, 0.25) is 0 Å². The molecule has 0 aliphatic carbocycles. The smallest absolute Gasteiger partial charge is 0.264 e. The van der Waals surface area contributed by atoms with Crippen LogP contribution in [-0.4, -0.2) is 19.6 Å². The number of unbranched alkanes of at least 4 members (excludes halogenated alkanes) is 14. The number of hydrogen-bond donors (Lipinski definition) is 1. The molecule has 0 aromatic carbocycles. The highest BCUT2D eigenvalue weighted by molar-refractivity contribution is 7.80. The van der Waals surface area contributed by atoms with Gasteiger partial charge < -0.3 is 0 Å².